The van der Waals surface area contributed by atoms with Gasteiger partial charge in [0.15, 0.2) is 0 Å². The molecule has 1 aliphatic rings. The molecular formula is C21H30N2O6. The third kappa shape index (κ3) is 7.38. The van der Waals surface area contributed by atoms with Gasteiger partial charge in [-0.15, -0.1) is 0 Å². The molecule has 1 saturated heterocycles. The first-order valence-electron chi connectivity index (χ1n) is 9.80. The van der Waals surface area contributed by atoms with Crippen molar-refractivity contribution in [2.75, 3.05) is 13.2 Å². The van der Waals surface area contributed by atoms with Crippen LogP contribution in [0.5, 0.6) is 0 Å². The lowest BCUT2D eigenvalue weighted by molar-refractivity contribution is -0.155. The third-order valence-corrected chi connectivity index (χ3v) is 4.39. The second kappa shape index (κ2) is 10.2. The molecule has 1 aliphatic heterocycles. The van der Waals surface area contributed by atoms with Gasteiger partial charge >= 0.3 is 12.1 Å². The number of ether oxygens (including phenoxy) is 2. The highest BCUT2D eigenvalue weighted by atomic mass is 16.6. The van der Waals surface area contributed by atoms with E-state index in [-0.39, 0.29) is 13.0 Å². The van der Waals surface area contributed by atoms with E-state index in [0.29, 0.717) is 19.4 Å². The molecule has 8 heteroatoms. The number of aliphatic hydroxyl groups is 1. The molecule has 2 N–H and O–H groups in total. The van der Waals surface area contributed by atoms with Gasteiger partial charge in [0.05, 0.1) is 19.1 Å². The van der Waals surface area contributed by atoms with Crippen molar-refractivity contribution in [3.8, 4) is 0 Å². The minimum atomic E-state index is -0.778. The van der Waals surface area contributed by atoms with Gasteiger partial charge in [0.1, 0.15) is 18.2 Å². The maximum atomic E-state index is 12.6. The third-order valence-electron chi connectivity index (χ3n) is 4.39. The van der Waals surface area contributed by atoms with E-state index in [1.807, 2.05) is 30.3 Å². The van der Waals surface area contributed by atoms with Crippen molar-refractivity contribution in [1.29, 1.82) is 0 Å². The van der Waals surface area contributed by atoms with Gasteiger partial charge in [-0.05, 0) is 39.2 Å². The van der Waals surface area contributed by atoms with E-state index in [2.05, 4.69) is 5.32 Å². The summed E-state index contributed by atoms with van der Waals surface area (Å²) in [6, 6.07) is 7.82. The summed E-state index contributed by atoms with van der Waals surface area (Å²) >= 11 is 0. The predicted molar refractivity (Wildman–Crippen MR) is 106 cm³/mol. The Bertz CT molecular complexity index is 701. The van der Waals surface area contributed by atoms with Crippen molar-refractivity contribution < 1.29 is 29.0 Å². The average Bonchev–Trinajstić information content (AvgIpc) is 3.15. The Morgan fingerprint density at radius 2 is 1.93 bits per heavy atom. The first kappa shape index (κ1) is 22.7. The van der Waals surface area contributed by atoms with E-state index in [1.165, 1.54) is 4.90 Å². The maximum Gasteiger partial charge on any atom is 0.410 e. The highest BCUT2D eigenvalue weighted by Crippen LogP contribution is 2.19. The number of carbonyl (C=O) groups is 3. The highest BCUT2D eigenvalue weighted by Gasteiger charge is 2.36. The lowest BCUT2D eigenvalue weighted by atomic mass is 10.1. The number of esters is 1. The van der Waals surface area contributed by atoms with Crippen molar-refractivity contribution in [3.05, 3.63) is 35.9 Å². The zero-order chi connectivity index (χ0) is 21.4. The van der Waals surface area contributed by atoms with Gasteiger partial charge in [-0.25, -0.2) is 4.79 Å². The molecule has 0 saturated carbocycles. The van der Waals surface area contributed by atoms with Gasteiger partial charge in [-0.1, -0.05) is 30.3 Å². The molecule has 1 heterocycles. The Labute approximate surface area is 171 Å². The van der Waals surface area contributed by atoms with Crippen LogP contribution in [0.15, 0.2) is 30.3 Å². The number of benzene rings is 1. The number of rotatable bonds is 7. The molecule has 0 aliphatic carbocycles. The van der Waals surface area contributed by atoms with Crippen molar-refractivity contribution in [2.45, 2.75) is 64.3 Å². The van der Waals surface area contributed by atoms with Gasteiger partial charge in [-0.3, -0.25) is 14.5 Å². The molecule has 1 fully saturated rings. The van der Waals surface area contributed by atoms with Crippen LogP contribution in [0.3, 0.4) is 0 Å². The summed E-state index contributed by atoms with van der Waals surface area (Å²) in [4.78, 5) is 38.4. The number of hydrogen-bond donors (Lipinski definition) is 2. The second-order valence-corrected chi connectivity index (χ2v) is 8.07. The molecule has 0 bridgehead atoms. The molecule has 1 unspecified atom stereocenters. The Morgan fingerprint density at radius 3 is 2.55 bits per heavy atom. The van der Waals surface area contributed by atoms with Crippen LogP contribution in [-0.2, 0) is 25.7 Å². The fraction of sp³-hybridized carbons (Fsp3) is 0.571. The van der Waals surface area contributed by atoms with Crippen LogP contribution < -0.4 is 5.32 Å². The Morgan fingerprint density at radius 1 is 1.24 bits per heavy atom. The Balaban J connectivity index is 1.89. The lowest BCUT2D eigenvalue weighted by Gasteiger charge is -2.26. The van der Waals surface area contributed by atoms with Crippen molar-refractivity contribution >= 4 is 18.0 Å². The largest absolute Gasteiger partial charge is 0.460 e. The van der Waals surface area contributed by atoms with E-state index < -0.39 is 42.3 Å². The smallest absolute Gasteiger partial charge is 0.410 e. The van der Waals surface area contributed by atoms with E-state index >= 15 is 0 Å². The lowest BCUT2D eigenvalue weighted by Crippen LogP contribution is -2.50. The highest BCUT2D eigenvalue weighted by molar-refractivity contribution is 5.86. The van der Waals surface area contributed by atoms with Crippen molar-refractivity contribution in [2.24, 2.45) is 0 Å². The summed E-state index contributed by atoms with van der Waals surface area (Å²) in [6.45, 7) is 5.37. The predicted octanol–water partition coefficient (Wildman–Crippen LogP) is 2.00. The second-order valence-electron chi connectivity index (χ2n) is 8.07. The number of likely N-dealkylation sites (tertiary alicyclic amines) is 1. The van der Waals surface area contributed by atoms with Crippen LogP contribution in [0.25, 0.3) is 0 Å². The topological polar surface area (TPSA) is 105 Å². The number of nitrogens with zero attached hydrogens (tertiary/aromatic N) is 1. The maximum absolute atomic E-state index is 12.6. The molecule has 0 spiro atoms. The zero-order valence-electron chi connectivity index (χ0n) is 17.2. The molecule has 2 rings (SSSR count). The number of amides is 2. The molecule has 0 aromatic heterocycles. The first-order valence-corrected chi connectivity index (χ1v) is 9.80. The van der Waals surface area contributed by atoms with Crippen LogP contribution in [0.4, 0.5) is 4.79 Å². The fourth-order valence-corrected chi connectivity index (χ4v) is 3.10. The first-order chi connectivity index (χ1) is 13.7. The van der Waals surface area contributed by atoms with Crippen LogP contribution in [0, 0.1) is 0 Å². The quantitative estimate of drug-likeness (QED) is 0.671. The van der Waals surface area contributed by atoms with E-state index in [0.717, 1.165) is 5.56 Å². The minimum absolute atomic E-state index is 0.127. The molecule has 2 atom stereocenters. The zero-order valence-corrected chi connectivity index (χ0v) is 17.2. The average molecular weight is 406 g/mol. The van der Waals surface area contributed by atoms with Crippen LogP contribution >= 0.6 is 0 Å². The van der Waals surface area contributed by atoms with Gasteiger partial charge in [0.25, 0.3) is 0 Å². The summed E-state index contributed by atoms with van der Waals surface area (Å²) in [7, 11) is 0. The summed E-state index contributed by atoms with van der Waals surface area (Å²) in [5.41, 5.74) is 0.213. The molecule has 2 amide bonds. The number of aliphatic hydroxyl groups excluding tert-OH is 1. The summed E-state index contributed by atoms with van der Waals surface area (Å²) in [6.07, 6.45) is 0.467. The number of hydrogen-bond acceptors (Lipinski definition) is 6. The van der Waals surface area contributed by atoms with Crippen molar-refractivity contribution in [1.82, 2.24) is 10.2 Å². The van der Waals surface area contributed by atoms with Crippen LogP contribution in [0.1, 0.15) is 45.6 Å². The normalized spacial score (nSPS) is 17.5. The molecule has 1 aromatic carbocycles. The monoisotopic (exact) mass is 406 g/mol. The summed E-state index contributed by atoms with van der Waals surface area (Å²) < 4.78 is 10.6. The Kier molecular flexibility index (Phi) is 8.01. The number of carbonyl (C=O) groups excluding carboxylic acids is 3. The Hall–Kier alpha value is -2.61. The SMILES string of the molecule is CC(C)(C)OC(=O)C[C@@H](CO)NC(=O)C1CCCN1C(=O)OCc1ccccc1. The van der Waals surface area contributed by atoms with Gasteiger partial charge in [-0.2, -0.15) is 0 Å². The van der Waals surface area contributed by atoms with E-state index in [4.69, 9.17) is 9.47 Å². The molecule has 1 aromatic rings. The fourth-order valence-electron chi connectivity index (χ4n) is 3.10. The summed E-state index contributed by atoms with van der Waals surface area (Å²) in [5, 5.41) is 12.2. The van der Waals surface area contributed by atoms with E-state index in [1.54, 1.807) is 20.8 Å². The van der Waals surface area contributed by atoms with Crippen LogP contribution in [-0.4, -0.2) is 58.8 Å². The summed E-state index contributed by atoms with van der Waals surface area (Å²) in [5.74, 6) is -0.927. The number of nitrogens with one attached hydrogen (secondary N) is 1. The van der Waals surface area contributed by atoms with Gasteiger partial charge in [0, 0.05) is 6.54 Å². The van der Waals surface area contributed by atoms with E-state index in [9.17, 15) is 19.5 Å². The molecule has 29 heavy (non-hydrogen) atoms. The molecule has 0 radical (unpaired) electrons. The molecular weight excluding hydrogens is 376 g/mol. The van der Waals surface area contributed by atoms with Crippen molar-refractivity contribution in [3.63, 3.8) is 0 Å². The minimum Gasteiger partial charge on any atom is -0.460 e. The standard InChI is InChI=1S/C21H30N2O6/c1-21(2,3)29-18(25)12-16(13-24)22-19(26)17-10-7-11-23(17)20(27)28-14-15-8-5-4-6-9-15/h4-6,8-9,16-17,24H,7,10-14H2,1-3H3,(H,22,26)/t16-,17?/m0/s1. The molecule has 8 nitrogen and oxygen atoms in total. The van der Waals surface area contributed by atoms with Crippen LogP contribution in [0.2, 0.25) is 0 Å². The molecule has 160 valence electrons. The van der Waals surface area contributed by atoms with Gasteiger partial charge in [0.2, 0.25) is 5.91 Å². The van der Waals surface area contributed by atoms with Gasteiger partial charge < -0.3 is 19.9 Å².